The molecule has 0 radical (unpaired) electrons. The van der Waals surface area contributed by atoms with Crippen molar-refractivity contribution in [1.29, 1.82) is 0 Å². The number of methoxy groups -OCH3 is 2. The lowest BCUT2D eigenvalue weighted by Gasteiger charge is -2.42. The Hall–Kier alpha value is -4.17. The third kappa shape index (κ3) is 3.95. The number of rotatable bonds is 4. The summed E-state index contributed by atoms with van der Waals surface area (Å²) in [5.74, 6) is -3.58. The van der Waals surface area contributed by atoms with Crippen LogP contribution in [-0.4, -0.2) is 42.7 Å². The van der Waals surface area contributed by atoms with Gasteiger partial charge in [0.1, 0.15) is 0 Å². The van der Waals surface area contributed by atoms with Gasteiger partial charge < -0.3 is 14.6 Å². The third-order valence-corrected chi connectivity index (χ3v) is 9.22. The van der Waals surface area contributed by atoms with Crippen LogP contribution in [0.15, 0.2) is 64.8 Å². The Labute approximate surface area is 241 Å². The molecule has 8 nitrogen and oxygen atoms in total. The van der Waals surface area contributed by atoms with Crippen LogP contribution in [-0.2, 0) is 19.2 Å². The summed E-state index contributed by atoms with van der Waals surface area (Å²) in [6.45, 7) is 3.45. The maximum Gasteiger partial charge on any atom is 0.238 e. The molecule has 0 aromatic heterocycles. The smallest absolute Gasteiger partial charge is 0.238 e. The number of amides is 2. The Morgan fingerprint density at radius 1 is 0.951 bits per heavy atom. The Morgan fingerprint density at radius 3 is 2.27 bits per heavy atom. The zero-order chi connectivity index (χ0) is 29.3. The van der Waals surface area contributed by atoms with Gasteiger partial charge in [-0.05, 0) is 74.1 Å². The molecular formula is C32H28ClNO7. The number of hydrogen-bond donors (Lipinski definition) is 1. The number of aryl methyl sites for hydroxylation is 1. The molecule has 9 heteroatoms. The Bertz CT molecular complexity index is 1640. The number of phenolic OH excluding ortho intramolecular Hbond substituents is 1. The van der Waals surface area contributed by atoms with Gasteiger partial charge in [-0.3, -0.25) is 19.2 Å². The van der Waals surface area contributed by atoms with Gasteiger partial charge in [-0.1, -0.05) is 29.3 Å². The average Bonchev–Trinajstić information content (AvgIpc) is 3.21. The number of aromatic hydroxyl groups is 1. The van der Waals surface area contributed by atoms with Crippen molar-refractivity contribution in [1.82, 2.24) is 0 Å². The molecule has 1 N–H and O–H groups in total. The number of carbonyl (C=O) groups excluding carboxylic acids is 4. The lowest BCUT2D eigenvalue weighted by molar-refractivity contribution is -0.123. The largest absolute Gasteiger partial charge is 0.502 e. The predicted octanol–water partition coefficient (Wildman–Crippen LogP) is 5.01. The number of ketones is 2. The van der Waals surface area contributed by atoms with Crippen molar-refractivity contribution in [2.75, 3.05) is 19.1 Å². The molecule has 41 heavy (non-hydrogen) atoms. The lowest BCUT2D eigenvalue weighted by Crippen LogP contribution is -2.39. The van der Waals surface area contributed by atoms with Crippen LogP contribution < -0.4 is 14.4 Å². The number of phenols is 1. The molecule has 1 heterocycles. The second kappa shape index (κ2) is 9.73. The number of Topliss-reactive ketones (excluding diaryl/α,β-unsaturated/α-hetero) is 1. The number of hydrogen-bond acceptors (Lipinski definition) is 7. The van der Waals surface area contributed by atoms with Crippen molar-refractivity contribution < 1.29 is 33.8 Å². The Balaban J connectivity index is 1.51. The van der Waals surface area contributed by atoms with Crippen LogP contribution in [0.1, 0.15) is 36.8 Å². The molecule has 1 aliphatic heterocycles. The first-order valence-electron chi connectivity index (χ1n) is 13.4. The summed E-state index contributed by atoms with van der Waals surface area (Å²) in [5, 5.41) is 11.0. The van der Waals surface area contributed by atoms with E-state index >= 15 is 0 Å². The topological polar surface area (TPSA) is 110 Å². The fraction of sp³-hybridized carbons (Fsp3) is 0.312. The van der Waals surface area contributed by atoms with Crippen LogP contribution in [0, 0.1) is 24.7 Å². The van der Waals surface area contributed by atoms with Crippen LogP contribution in [0.3, 0.4) is 0 Å². The SMILES string of the molecule is COc1cc([C@H]2C3=CC[C@@H]4C(=O)N(c5ccc(C)c(Cl)c5)C(=O)[C@@H]4[C@@H]3CC3=C2C(=O)C=C(C)C3=O)cc(OC)c1O. The van der Waals surface area contributed by atoms with Crippen molar-refractivity contribution in [2.24, 2.45) is 17.8 Å². The van der Waals surface area contributed by atoms with E-state index in [0.29, 0.717) is 39.4 Å². The minimum atomic E-state index is -0.714. The van der Waals surface area contributed by atoms with Gasteiger partial charge >= 0.3 is 0 Å². The van der Waals surface area contributed by atoms with Gasteiger partial charge in [-0.15, -0.1) is 0 Å². The van der Waals surface area contributed by atoms with Crippen LogP contribution in [0.2, 0.25) is 5.02 Å². The molecule has 210 valence electrons. The average molecular weight is 574 g/mol. The van der Waals surface area contributed by atoms with Gasteiger partial charge in [0.05, 0.1) is 31.7 Å². The van der Waals surface area contributed by atoms with Crippen LogP contribution in [0.25, 0.3) is 0 Å². The number of benzene rings is 2. The molecule has 2 aromatic carbocycles. The van der Waals surface area contributed by atoms with Crippen molar-refractivity contribution in [2.45, 2.75) is 32.6 Å². The van der Waals surface area contributed by atoms with E-state index in [2.05, 4.69) is 0 Å². The molecule has 4 aliphatic rings. The number of halogens is 1. The minimum absolute atomic E-state index is 0.147. The third-order valence-electron chi connectivity index (χ3n) is 8.81. The first-order valence-corrected chi connectivity index (χ1v) is 13.7. The molecule has 0 saturated carbocycles. The van der Waals surface area contributed by atoms with Gasteiger partial charge in [0.2, 0.25) is 17.6 Å². The number of fused-ring (bicyclic) bond motifs is 3. The number of anilines is 1. The van der Waals surface area contributed by atoms with Gasteiger partial charge in [0, 0.05) is 27.7 Å². The van der Waals surface area contributed by atoms with E-state index in [4.69, 9.17) is 21.1 Å². The van der Waals surface area contributed by atoms with Crippen LogP contribution >= 0.6 is 11.6 Å². The van der Waals surface area contributed by atoms with E-state index in [1.165, 1.54) is 25.2 Å². The Morgan fingerprint density at radius 2 is 1.63 bits per heavy atom. The summed E-state index contributed by atoms with van der Waals surface area (Å²) in [6.07, 6.45) is 3.76. The summed E-state index contributed by atoms with van der Waals surface area (Å²) in [7, 11) is 2.82. The summed E-state index contributed by atoms with van der Waals surface area (Å²) in [4.78, 5) is 55.9. The maximum atomic E-state index is 14.0. The second-order valence-electron chi connectivity index (χ2n) is 10.9. The van der Waals surface area contributed by atoms with E-state index in [1.54, 1.807) is 37.3 Å². The monoisotopic (exact) mass is 573 g/mol. The lowest BCUT2D eigenvalue weighted by atomic mass is 9.59. The molecule has 1 saturated heterocycles. The van der Waals surface area contributed by atoms with Crippen molar-refractivity contribution in [3.63, 3.8) is 0 Å². The molecule has 3 aliphatic carbocycles. The normalized spacial score (nSPS) is 25.4. The first kappa shape index (κ1) is 27.0. The van der Waals surface area contributed by atoms with E-state index in [0.717, 1.165) is 11.1 Å². The highest BCUT2D eigenvalue weighted by Gasteiger charge is 2.56. The molecule has 2 amide bonds. The standard InChI is InChI=1S/C32H28ClNO7/c1-14-5-6-17(12-22(14)33)34-31(38)19-8-7-18-20(27(19)32(34)39)13-21-28(23(35)9-15(2)29(21)36)26(18)16-10-24(40-3)30(37)25(11-16)41-4/h5-7,9-12,19-20,26-27,37H,8,13H2,1-4H3/t19-,20+,26-,27-/m0/s1. The van der Waals surface area contributed by atoms with E-state index in [1.807, 2.05) is 13.0 Å². The van der Waals surface area contributed by atoms with Gasteiger partial charge in [-0.2, -0.15) is 0 Å². The van der Waals surface area contributed by atoms with Gasteiger partial charge in [0.15, 0.2) is 23.1 Å². The van der Waals surface area contributed by atoms with Crippen molar-refractivity contribution in [3.8, 4) is 17.2 Å². The first-order chi connectivity index (χ1) is 19.6. The van der Waals surface area contributed by atoms with Crippen molar-refractivity contribution >= 4 is 40.7 Å². The predicted molar refractivity (Wildman–Crippen MR) is 151 cm³/mol. The number of imide groups is 1. The molecule has 6 rings (SSSR count). The summed E-state index contributed by atoms with van der Waals surface area (Å²) >= 11 is 6.34. The molecule has 4 atom stereocenters. The quantitative estimate of drug-likeness (QED) is 0.311. The van der Waals surface area contributed by atoms with Gasteiger partial charge in [-0.25, -0.2) is 4.90 Å². The highest BCUT2D eigenvalue weighted by atomic mass is 35.5. The minimum Gasteiger partial charge on any atom is -0.502 e. The van der Waals surface area contributed by atoms with Crippen LogP contribution in [0.5, 0.6) is 17.2 Å². The maximum absolute atomic E-state index is 14.0. The summed E-state index contributed by atoms with van der Waals surface area (Å²) in [6, 6.07) is 8.33. The van der Waals surface area contributed by atoms with E-state index in [-0.39, 0.29) is 47.1 Å². The summed E-state index contributed by atoms with van der Waals surface area (Å²) < 4.78 is 10.8. The second-order valence-corrected chi connectivity index (χ2v) is 11.4. The molecule has 0 unspecified atom stereocenters. The zero-order valence-electron chi connectivity index (χ0n) is 23.0. The molecular weight excluding hydrogens is 546 g/mol. The molecule has 2 aromatic rings. The zero-order valence-corrected chi connectivity index (χ0v) is 23.7. The number of allylic oxidation sites excluding steroid dienone is 6. The highest BCUT2D eigenvalue weighted by molar-refractivity contribution is 6.32. The fourth-order valence-electron chi connectivity index (χ4n) is 6.82. The van der Waals surface area contributed by atoms with E-state index in [9.17, 15) is 24.3 Å². The number of carbonyl (C=O) groups is 4. The van der Waals surface area contributed by atoms with E-state index < -0.39 is 23.7 Å². The van der Waals surface area contributed by atoms with Gasteiger partial charge in [0.25, 0.3) is 0 Å². The molecule has 0 spiro atoms. The fourth-order valence-corrected chi connectivity index (χ4v) is 6.99. The van der Waals surface area contributed by atoms with Crippen LogP contribution in [0.4, 0.5) is 5.69 Å². The van der Waals surface area contributed by atoms with Crippen molar-refractivity contribution in [3.05, 3.63) is 80.9 Å². The Kier molecular flexibility index (Phi) is 6.41. The molecule has 0 bridgehead atoms. The number of ether oxygens (including phenoxy) is 2. The number of nitrogens with zero attached hydrogens (tertiary/aromatic N) is 1. The summed E-state index contributed by atoms with van der Waals surface area (Å²) in [5.41, 5.74) is 3.63. The highest BCUT2D eigenvalue weighted by Crippen LogP contribution is 2.56. The molecule has 1 fully saturated rings.